The van der Waals surface area contributed by atoms with Gasteiger partial charge in [-0.15, -0.1) is 0 Å². The molecule has 0 saturated heterocycles. The molecule has 40 heavy (non-hydrogen) atoms. The first-order chi connectivity index (χ1) is 18.9. The van der Waals surface area contributed by atoms with Crippen LogP contribution in [0.3, 0.4) is 0 Å². The number of fused-ring (bicyclic) bond motifs is 1. The number of hydrogen-bond acceptors (Lipinski definition) is 10. The van der Waals surface area contributed by atoms with Crippen LogP contribution in [-0.2, 0) is 23.9 Å². The van der Waals surface area contributed by atoms with E-state index in [2.05, 4.69) is 0 Å². The summed E-state index contributed by atoms with van der Waals surface area (Å²) >= 11 is 8.16. The molecule has 0 saturated carbocycles. The number of carbonyl (C=O) groups excluding carboxylic acids is 3. The lowest BCUT2D eigenvalue weighted by Gasteiger charge is -2.45. The van der Waals surface area contributed by atoms with Gasteiger partial charge in [-0.1, -0.05) is 47.4 Å². The van der Waals surface area contributed by atoms with Crippen molar-refractivity contribution in [2.45, 2.75) is 26.3 Å². The van der Waals surface area contributed by atoms with E-state index in [0.29, 0.717) is 31.5 Å². The molecule has 0 atom stereocenters. The molecule has 0 unspecified atom stereocenters. The minimum absolute atomic E-state index is 0.0429. The van der Waals surface area contributed by atoms with Gasteiger partial charge in [0.25, 0.3) is 11.6 Å². The Morgan fingerprint density at radius 3 is 2.10 bits per heavy atom. The number of ether oxygens (including phenoxy) is 2. The molecule has 4 rings (SSSR count). The van der Waals surface area contributed by atoms with Crippen molar-refractivity contribution in [3.63, 3.8) is 0 Å². The summed E-state index contributed by atoms with van der Waals surface area (Å²) in [6.07, 6.45) is 2.99. The molecule has 0 aromatic heterocycles. The number of nitro benzene ring substituents is 1. The van der Waals surface area contributed by atoms with Gasteiger partial charge in [0.2, 0.25) is 0 Å². The molecule has 2 aliphatic rings. The van der Waals surface area contributed by atoms with E-state index >= 15 is 0 Å². The third kappa shape index (κ3) is 5.34. The molecule has 2 aliphatic heterocycles. The molecule has 0 radical (unpaired) electrons. The quantitative estimate of drug-likeness (QED) is 0.137. The van der Waals surface area contributed by atoms with E-state index in [4.69, 9.17) is 21.7 Å². The minimum Gasteiger partial charge on any atom is -0.465 e. The number of benzene rings is 2. The fourth-order valence-corrected chi connectivity index (χ4v) is 7.31. The molecule has 0 aliphatic carbocycles. The summed E-state index contributed by atoms with van der Waals surface area (Å²) in [7, 11) is 2.47. The van der Waals surface area contributed by atoms with Crippen LogP contribution in [0.25, 0.3) is 11.6 Å². The number of hydrogen-bond donors (Lipinski definition) is 0. The molecule has 9 nitrogen and oxygen atoms in total. The van der Waals surface area contributed by atoms with Gasteiger partial charge >= 0.3 is 11.9 Å². The van der Waals surface area contributed by atoms with Crippen molar-refractivity contribution in [3.8, 4) is 0 Å². The lowest BCUT2D eigenvalue weighted by molar-refractivity contribution is -0.384. The Bertz CT molecular complexity index is 1530. The van der Waals surface area contributed by atoms with E-state index in [1.165, 1.54) is 32.4 Å². The average molecular weight is 597 g/mol. The molecule has 2 heterocycles. The van der Waals surface area contributed by atoms with Gasteiger partial charge in [0.05, 0.1) is 39.5 Å². The smallest absolute Gasteiger partial charge is 0.346 e. The van der Waals surface area contributed by atoms with Crippen LogP contribution in [-0.4, -0.2) is 47.4 Å². The summed E-state index contributed by atoms with van der Waals surface area (Å²) in [6.45, 7) is 5.58. The summed E-state index contributed by atoms with van der Waals surface area (Å²) in [5, 5.41) is 10.9. The predicted molar refractivity (Wildman–Crippen MR) is 161 cm³/mol. The maximum atomic E-state index is 13.7. The fraction of sp³-hybridized carbons (Fsp3) is 0.214. The van der Waals surface area contributed by atoms with Crippen LogP contribution in [0, 0.1) is 17.0 Å². The summed E-state index contributed by atoms with van der Waals surface area (Å²) in [4.78, 5) is 51.4. The van der Waals surface area contributed by atoms with E-state index < -0.39 is 22.4 Å². The Morgan fingerprint density at radius 1 is 1.00 bits per heavy atom. The minimum atomic E-state index is -0.975. The number of methoxy groups -OCH3 is 2. The van der Waals surface area contributed by atoms with Crippen LogP contribution in [0.2, 0.25) is 0 Å². The number of aryl methyl sites for hydroxylation is 1. The van der Waals surface area contributed by atoms with Crippen LogP contribution in [0.1, 0.15) is 30.5 Å². The van der Waals surface area contributed by atoms with Gasteiger partial charge < -0.3 is 9.47 Å². The summed E-state index contributed by atoms with van der Waals surface area (Å²) in [6, 6.07) is 11.5. The zero-order valence-corrected chi connectivity index (χ0v) is 24.6. The molecule has 12 heteroatoms. The predicted octanol–water partition coefficient (Wildman–Crippen LogP) is 5.82. The average Bonchev–Trinajstić information content (AvgIpc) is 3.37. The molecule has 206 valence electrons. The van der Waals surface area contributed by atoms with Gasteiger partial charge in [-0.2, -0.15) is 0 Å². The molecule has 2 aromatic carbocycles. The van der Waals surface area contributed by atoms with E-state index in [1.807, 2.05) is 39.0 Å². The summed E-state index contributed by atoms with van der Waals surface area (Å²) in [5.41, 5.74) is 2.48. The highest BCUT2D eigenvalue weighted by molar-refractivity contribution is 8.29. The van der Waals surface area contributed by atoms with Crippen molar-refractivity contribution in [1.82, 2.24) is 0 Å². The van der Waals surface area contributed by atoms with E-state index in [9.17, 15) is 24.5 Å². The largest absolute Gasteiger partial charge is 0.465 e. The van der Waals surface area contributed by atoms with E-state index in [-0.39, 0.29) is 21.4 Å². The number of amides is 1. The number of nitrogens with zero attached hydrogens (tertiary/aromatic N) is 2. The van der Waals surface area contributed by atoms with Crippen molar-refractivity contribution in [1.29, 1.82) is 0 Å². The summed E-state index contributed by atoms with van der Waals surface area (Å²) < 4.78 is 10.4. The van der Waals surface area contributed by atoms with E-state index in [1.54, 1.807) is 23.1 Å². The van der Waals surface area contributed by atoms with E-state index in [0.717, 1.165) is 29.1 Å². The monoisotopic (exact) mass is 596 g/mol. The second-order valence-corrected chi connectivity index (χ2v) is 12.0. The number of esters is 2. The second kappa shape index (κ2) is 11.4. The lowest BCUT2D eigenvalue weighted by Crippen LogP contribution is -2.55. The number of thiocarbonyl (C=S) groups is 1. The highest BCUT2D eigenvalue weighted by Gasteiger charge is 2.45. The van der Waals surface area contributed by atoms with Crippen LogP contribution in [0.5, 0.6) is 0 Å². The highest BCUT2D eigenvalue weighted by atomic mass is 32.2. The van der Waals surface area contributed by atoms with Gasteiger partial charge in [0.1, 0.15) is 9.81 Å². The lowest BCUT2D eigenvalue weighted by atomic mass is 9.82. The van der Waals surface area contributed by atoms with Crippen LogP contribution < -0.4 is 4.90 Å². The fourth-order valence-electron chi connectivity index (χ4n) is 4.28. The molecular weight excluding hydrogens is 573 g/mol. The van der Waals surface area contributed by atoms with Crippen molar-refractivity contribution in [3.05, 3.63) is 89.4 Å². The first-order valence-corrected chi connectivity index (χ1v) is 13.9. The van der Waals surface area contributed by atoms with Gasteiger partial charge in [-0.25, -0.2) is 9.59 Å². The molecular formula is C28H24N2O7S3. The Labute approximate surface area is 244 Å². The number of nitro groups is 1. The number of anilines is 1. The topological polar surface area (TPSA) is 116 Å². The first-order valence-electron chi connectivity index (χ1n) is 11.8. The van der Waals surface area contributed by atoms with Crippen molar-refractivity contribution in [2.75, 3.05) is 19.1 Å². The maximum absolute atomic E-state index is 13.7. The normalized spacial score (nSPS) is 16.3. The molecule has 0 N–H and O–H groups in total. The Morgan fingerprint density at radius 2 is 1.57 bits per heavy atom. The van der Waals surface area contributed by atoms with Crippen LogP contribution in [0.15, 0.2) is 62.6 Å². The van der Waals surface area contributed by atoms with Gasteiger partial charge in [0.15, 0.2) is 0 Å². The second-order valence-electron chi connectivity index (χ2n) is 9.27. The Balaban J connectivity index is 1.79. The summed E-state index contributed by atoms with van der Waals surface area (Å²) in [5.74, 6) is -1.66. The standard InChI is InChI=1S/C28H24N2O7S3/c1-15-6-12-19-18(14-15)21(27-39-22(25(32)36-4)23(40-27)26(33)37-5)24(38)28(2,3)29(19)20(31)13-9-16-7-10-17(11-8-16)30(34)35/h6-14H,1-5H3. The molecule has 0 bridgehead atoms. The third-order valence-corrected chi connectivity index (χ3v) is 9.55. The SMILES string of the molecule is COC(=O)C1=C(C(=O)OC)SC(=C2C(=S)C(C)(C)N(C(=O)C=Cc3ccc([N+](=O)[O-])cc3)c3ccc(C)cc32)S1. The number of rotatable bonds is 5. The third-order valence-electron chi connectivity index (χ3n) is 6.29. The Hall–Kier alpha value is -3.74. The molecule has 1 amide bonds. The zero-order chi connectivity index (χ0) is 29.4. The Kier molecular flexibility index (Phi) is 8.33. The van der Waals surface area contributed by atoms with Crippen molar-refractivity contribution < 1.29 is 28.8 Å². The van der Waals surface area contributed by atoms with Gasteiger partial charge in [-0.05, 0) is 56.7 Å². The van der Waals surface area contributed by atoms with Crippen molar-refractivity contribution >= 4 is 81.5 Å². The van der Waals surface area contributed by atoms with Gasteiger partial charge in [0, 0.05) is 29.3 Å². The zero-order valence-electron chi connectivity index (χ0n) is 22.2. The molecule has 0 spiro atoms. The van der Waals surface area contributed by atoms with Crippen molar-refractivity contribution in [2.24, 2.45) is 0 Å². The van der Waals surface area contributed by atoms with Crippen LogP contribution in [0.4, 0.5) is 11.4 Å². The first kappa shape index (κ1) is 29.2. The number of thioether (sulfide) groups is 2. The molecule has 2 aromatic rings. The maximum Gasteiger partial charge on any atom is 0.346 e. The highest BCUT2D eigenvalue weighted by Crippen LogP contribution is 2.56. The van der Waals surface area contributed by atoms with Gasteiger partial charge in [-0.3, -0.25) is 19.8 Å². The van der Waals surface area contributed by atoms with Crippen LogP contribution >= 0.6 is 35.7 Å². The molecule has 0 fully saturated rings. The number of carbonyl (C=O) groups is 3. The number of non-ortho nitro benzene ring substituents is 1.